The Morgan fingerprint density at radius 2 is 1.89 bits per heavy atom. The van der Waals surface area contributed by atoms with E-state index in [1.54, 1.807) is 0 Å². The van der Waals surface area contributed by atoms with Crippen molar-refractivity contribution in [1.29, 1.82) is 0 Å². The lowest BCUT2D eigenvalue weighted by molar-refractivity contribution is 0.459. The molecule has 0 unspecified atom stereocenters. The molecular formula is C15H17BrN2O. The van der Waals surface area contributed by atoms with Gasteiger partial charge in [-0.25, -0.2) is 4.98 Å². The molecule has 1 aromatic heterocycles. The smallest absolute Gasteiger partial charge is 0.219 e. The highest BCUT2D eigenvalue weighted by atomic mass is 79.9. The van der Waals surface area contributed by atoms with E-state index in [4.69, 9.17) is 4.74 Å². The van der Waals surface area contributed by atoms with Crippen LogP contribution in [0.2, 0.25) is 0 Å². The molecule has 0 bridgehead atoms. The van der Waals surface area contributed by atoms with Gasteiger partial charge in [-0.1, -0.05) is 22.0 Å². The molecule has 0 fully saturated rings. The molecule has 0 aliphatic carbocycles. The Balaban J connectivity index is 2.23. The fourth-order valence-corrected chi connectivity index (χ4v) is 2.11. The number of hydrogen-bond donors (Lipinski definition) is 1. The van der Waals surface area contributed by atoms with Crippen molar-refractivity contribution in [2.24, 2.45) is 0 Å². The summed E-state index contributed by atoms with van der Waals surface area (Å²) in [5.41, 5.74) is 3.27. The number of nitrogens with zero attached hydrogens (tertiary/aromatic N) is 1. The number of halogens is 1. The molecule has 1 heterocycles. The van der Waals surface area contributed by atoms with Crippen LogP contribution in [0.4, 0.5) is 0 Å². The van der Waals surface area contributed by atoms with E-state index in [9.17, 15) is 0 Å². The van der Waals surface area contributed by atoms with Crippen molar-refractivity contribution in [3.63, 3.8) is 0 Å². The lowest BCUT2D eigenvalue weighted by Gasteiger charge is -2.10. The minimum absolute atomic E-state index is 0.619. The van der Waals surface area contributed by atoms with Gasteiger partial charge in [0.25, 0.3) is 0 Å². The predicted octanol–water partition coefficient (Wildman–Crippen LogP) is 3.97. The molecule has 19 heavy (non-hydrogen) atoms. The average molecular weight is 321 g/mol. The van der Waals surface area contributed by atoms with Gasteiger partial charge in [0, 0.05) is 17.1 Å². The summed E-state index contributed by atoms with van der Waals surface area (Å²) in [6.07, 6.45) is 0. The molecule has 0 saturated carbocycles. The van der Waals surface area contributed by atoms with Gasteiger partial charge in [-0.05, 0) is 50.2 Å². The third-order valence-electron chi connectivity index (χ3n) is 2.77. The summed E-state index contributed by atoms with van der Waals surface area (Å²) in [4.78, 5) is 4.44. The van der Waals surface area contributed by atoms with Gasteiger partial charge in [0.05, 0.1) is 5.69 Å². The zero-order chi connectivity index (χ0) is 13.8. The normalized spacial score (nSPS) is 10.5. The second-order valence-electron chi connectivity index (χ2n) is 4.47. The molecule has 3 nitrogen and oxygen atoms in total. The van der Waals surface area contributed by atoms with Crippen LogP contribution < -0.4 is 10.1 Å². The number of nitrogens with one attached hydrogen (secondary N) is 1. The zero-order valence-electron chi connectivity index (χ0n) is 11.3. The minimum atomic E-state index is 0.619. The van der Waals surface area contributed by atoms with E-state index >= 15 is 0 Å². The second-order valence-corrected chi connectivity index (χ2v) is 5.26. The largest absolute Gasteiger partial charge is 0.439 e. The summed E-state index contributed by atoms with van der Waals surface area (Å²) < 4.78 is 6.94. The van der Waals surface area contributed by atoms with E-state index < -0.39 is 0 Å². The molecule has 1 N–H and O–H groups in total. The van der Waals surface area contributed by atoms with E-state index in [1.807, 2.05) is 37.4 Å². The fraction of sp³-hybridized carbons (Fsp3) is 0.267. The highest BCUT2D eigenvalue weighted by molar-refractivity contribution is 9.10. The molecule has 100 valence electrons. The maximum atomic E-state index is 5.82. The van der Waals surface area contributed by atoms with Gasteiger partial charge in [0.1, 0.15) is 5.75 Å². The van der Waals surface area contributed by atoms with Gasteiger partial charge in [-0.2, -0.15) is 0 Å². The Bertz CT molecular complexity index is 561. The van der Waals surface area contributed by atoms with Crippen molar-refractivity contribution in [3.8, 4) is 11.6 Å². The number of hydrogen-bond acceptors (Lipinski definition) is 3. The molecule has 0 aliphatic rings. The van der Waals surface area contributed by atoms with Crippen LogP contribution in [0.25, 0.3) is 0 Å². The second kappa shape index (κ2) is 6.17. The molecule has 0 amide bonds. The Kier molecular flexibility index (Phi) is 4.56. The Labute approximate surface area is 122 Å². The summed E-state index contributed by atoms with van der Waals surface area (Å²) in [7, 11) is 1.90. The number of aryl methyl sites for hydroxylation is 2. The van der Waals surface area contributed by atoms with E-state index in [0.717, 1.165) is 33.6 Å². The highest BCUT2D eigenvalue weighted by Gasteiger charge is 2.05. The number of benzene rings is 1. The summed E-state index contributed by atoms with van der Waals surface area (Å²) in [5.74, 6) is 1.43. The Morgan fingerprint density at radius 3 is 2.53 bits per heavy atom. The maximum Gasteiger partial charge on any atom is 0.219 e. The van der Waals surface area contributed by atoms with Gasteiger partial charge >= 0.3 is 0 Å². The first-order chi connectivity index (χ1) is 9.10. The molecule has 0 atom stereocenters. The molecule has 2 rings (SSSR count). The molecule has 2 aromatic rings. The number of ether oxygens (including phenoxy) is 1. The van der Waals surface area contributed by atoms with Gasteiger partial charge in [0.15, 0.2) is 0 Å². The molecule has 0 saturated heterocycles. The fourth-order valence-electron chi connectivity index (χ4n) is 1.88. The topological polar surface area (TPSA) is 34.1 Å². The van der Waals surface area contributed by atoms with Crippen molar-refractivity contribution in [3.05, 3.63) is 51.6 Å². The standard InChI is InChI=1S/C15H17BrN2O/c1-10-7-13(8-11(2)15(10)16)19-14-6-4-5-12(18-14)9-17-3/h4-8,17H,9H2,1-3H3. The first-order valence-corrected chi connectivity index (χ1v) is 6.94. The van der Waals surface area contributed by atoms with Crippen LogP contribution in [-0.2, 0) is 6.54 Å². The molecular weight excluding hydrogens is 304 g/mol. The summed E-state index contributed by atoms with van der Waals surface area (Å²) in [6, 6.07) is 9.80. The van der Waals surface area contributed by atoms with Gasteiger partial charge in [-0.15, -0.1) is 0 Å². The summed E-state index contributed by atoms with van der Waals surface area (Å²) >= 11 is 3.55. The average Bonchev–Trinajstić information content (AvgIpc) is 2.37. The first kappa shape index (κ1) is 14.0. The third kappa shape index (κ3) is 3.55. The van der Waals surface area contributed by atoms with Crippen molar-refractivity contribution in [2.75, 3.05) is 7.05 Å². The molecule has 0 radical (unpaired) electrons. The zero-order valence-corrected chi connectivity index (χ0v) is 12.9. The SMILES string of the molecule is CNCc1cccc(Oc2cc(C)c(Br)c(C)c2)n1. The highest BCUT2D eigenvalue weighted by Crippen LogP contribution is 2.28. The predicted molar refractivity (Wildman–Crippen MR) is 80.7 cm³/mol. The van der Waals surface area contributed by atoms with E-state index in [0.29, 0.717) is 5.88 Å². The van der Waals surface area contributed by atoms with Gasteiger partial charge in [-0.3, -0.25) is 0 Å². The van der Waals surface area contributed by atoms with Gasteiger partial charge < -0.3 is 10.1 Å². The number of rotatable bonds is 4. The lowest BCUT2D eigenvalue weighted by Crippen LogP contribution is -2.06. The lowest BCUT2D eigenvalue weighted by atomic mass is 10.1. The monoisotopic (exact) mass is 320 g/mol. The van der Waals surface area contributed by atoms with Crippen molar-refractivity contribution < 1.29 is 4.74 Å². The molecule has 0 spiro atoms. The van der Waals surface area contributed by atoms with Crippen LogP contribution in [0.1, 0.15) is 16.8 Å². The van der Waals surface area contributed by atoms with Crippen LogP contribution in [0.5, 0.6) is 11.6 Å². The summed E-state index contributed by atoms with van der Waals surface area (Å²) in [6.45, 7) is 4.83. The quantitative estimate of drug-likeness (QED) is 0.925. The molecule has 0 aliphatic heterocycles. The minimum Gasteiger partial charge on any atom is -0.439 e. The Morgan fingerprint density at radius 1 is 1.21 bits per heavy atom. The third-order valence-corrected chi connectivity index (χ3v) is 4.02. The van der Waals surface area contributed by atoms with Crippen molar-refractivity contribution >= 4 is 15.9 Å². The molecule has 4 heteroatoms. The number of aromatic nitrogens is 1. The van der Waals surface area contributed by atoms with Crippen LogP contribution in [-0.4, -0.2) is 12.0 Å². The van der Waals surface area contributed by atoms with Crippen LogP contribution in [0.15, 0.2) is 34.8 Å². The number of pyridine rings is 1. The van der Waals surface area contributed by atoms with E-state index in [1.165, 1.54) is 0 Å². The summed E-state index contributed by atoms with van der Waals surface area (Å²) in [5, 5.41) is 3.08. The van der Waals surface area contributed by atoms with E-state index in [-0.39, 0.29) is 0 Å². The van der Waals surface area contributed by atoms with Crippen molar-refractivity contribution in [2.45, 2.75) is 20.4 Å². The Hall–Kier alpha value is -1.39. The van der Waals surface area contributed by atoms with Crippen molar-refractivity contribution in [1.82, 2.24) is 10.3 Å². The van der Waals surface area contributed by atoms with Crippen LogP contribution in [0, 0.1) is 13.8 Å². The van der Waals surface area contributed by atoms with Crippen LogP contribution in [0.3, 0.4) is 0 Å². The van der Waals surface area contributed by atoms with Crippen LogP contribution >= 0.6 is 15.9 Å². The van der Waals surface area contributed by atoms with Gasteiger partial charge in [0.2, 0.25) is 5.88 Å². The molecule has 1 aromatic carbocycles. The maximum absolute atomic E-state index is 5.82. The van der Waals surface area contributed by atoms with E-state index in [2.05, 4.69) is 40.1 Å². The first-order valence-electron chi connectivity index (χ1n) is 6.15.